The molecule has 0 fully saturated rings. The van der Waals surface area contributed by atoms with Crippen LogP contribution in [0.5, 0.6) is 0 Å². The van der Waals surface area contributed by atoms with Gasteiger partial charge in [-0.05, 0) is 53.9 Å². The lowest BCUT2D eigenvalue weighted by Gasteiger charge is -2.19. The van der Waals surface area contributed by atoms with Crippen molar-refractivity contribution in [2.45, 2.75) is 58.9 Å². The van der Waals surface area contributed by atoms with E-state index in [0.29, 0.717) is 11.3 Å². The summed E-state index contributed by atoms with van der Waals surface area (Å²) in [5, 5.41) is 3.59. The zero-order valence-electron chi connectivity index (χ0n) is 17.4. The second-order valence-electron chi connectivity index (χ2n) is 9.09. The molecule has 152 valence electrons. The van der Waals surface area contributed by atoms with Crippen molar-refractivity contribution in [3.05, 3.63) is 57.0 Å². The molecule has 4 rings (SSSR count). The SMILES string of the molecule is C[C@H]1CCc2c(sc3ncn(CC(=O)Nc4ccc(C(C)(C)C)cc4)c(=O)c23)C1. The molecule has 1 aromatic carbocycles. The standard InChI is InChI=1S/C23H27N3O2S/c1-14-5-10-17-18(11-14)29-21-20(17)22(28)26(13-24-21)12-19(27)25-16-8-6-15(7-9-16)23(2,3)4/h6-9,13-14H,5,10-12H2,1-4H3,(H,25,27)/t14-/m0/s1. The molecule has 6 heteroatoms. The van der Waals surface area contributed by atoms with E-state index in [0.717, 1.165) is 35.3 Å². The van der Waals surface area contributed by atoms with Gasteiger partial charge in [-0.15, -0.1) is 11.3 Å². The minimum absolute atomic E-state index is 0.0379. The van der Waals surface area contributed by atoms with E-state index in [9.17, 15) is 9.59 Å². The Bertz CT molecular complexity index is 1120. The van der Waals surface area contributed by atoms with Gasteiger partial charge in [-0.25, -0.2) is 4.98 Å². The smallest absolute Gasteiger partial charge is 0.262 e. The number of anilines is 1. The van der Waals surface area contributed by atoms with Crippen molar-refractivity contribution in [3.63, 3.8) is 0 Å². The zero-order chi connectivity index (χ0) is 20.8. The quantitative estimate of drug-likeness (QED) is 0.692. The number of fused-ring (bicyclic) bond motifs is 3. The lowest BCUT2D eigenvalue weighted by molar-refractivity contribution is -0.116. The molecule has 3 aromatic rings. The van der Waals surface area contributed by atoms with Gasteiger partial charge in [0.2, 0.25) is 5.91 Å². The maximum absolute atomic E-state index is 13.0. The fourth-order valence-electron chi connectivity index (χ4n) is 3.89. The first kappa shape index (κ1) is 19.8. The number of benzene rings is 1. The molecule has 1 aliphatic carbocycles. The largest absolute Gasteiger partial charge is 0.325 e. The number of aryl methyl sites for hydroxylation is 1. The van der Waals surface area contributed by atoms with Crippen molar-refractivity contribution in [1.82, 2.24) is 9.55 Å². The van der Waals surface area contributed by atoms with Gasteiger partial charge in [-0.3, -0.25) is 14.2 Å². The number of carbonyl (C=O) groups excluding carboxylic acids is 1. The van der Waals surface area contributed by atoms with Crippen molar-refractivity contribution in [3.8, 4) is 0 Å². The summed E-state index contributed by atoms with van der Waals surface area (Å²) in [5.41, 5.74) is 3.03. The van der Waals surface area contributed by atoms with Crippen LogP contribution < -0.4 is 10.9 Å². The third-order valence-electron chi connectivity index (χ3n) is 5.63. The van der Waals surface area contributed by atoms with Gasteiger partial charge in [0, 0.05) is 10.6 Å². The summed E-state index contributed by atoms with van der Waals surface area (Å²) in [5.74, 6) is 0.419. The third kappa shape index (κ3) is 3.99. The topological polar surface area (TPSA) is 64.0 Å². The molecule has 0 radical (unpaired) electrons. The Hall–Kier alpha value is -2.47. The average Bonchev–Trinajstić information content (AvgIpc) is 3.02. The number of thiophene rings is 1. The predicted octanol–water partition coefficient (Wildman–Crippen LogP) is 4.52. The summed E-state index contributed by atoms with van der Waals surface area (Å²) in [6, 6.07) is 7.85. The minimum Gasteiger partial charge on any atom is -0.325 e. The molecular weight excluding hydrogens is 382 g/mol. The van der Waals surface area contributed by atoms with Crippen LogP contribution in [0, 0.1) is 5.92 Å². The van der Waals surface area contributed by atoms with Crippen LogP contribution in [0.1, 0.15) is 50.1 Å². The Kier molecular flexibility index (Phi) is 5.07. The molecule has 0 aliphatic heterocycles. The second-order valence-corrected chi connectivity index (χ2v) is 10.2. The van der Waals surface area contributed by atoms with E-state index in [1.807, 2.05) is 24.3 Å². The lowest BCUT2D eigenvalue weighted by atomic mass is 9.87. The molecule has 0 unspecified atom stereocenters. The van der Waals surface area contributed by atoms with Crippen LogP contribution in [-0.4, -0.2) is 15.5 Å². The molecule has 0 bridgehead atoms. The first-order valence-electron chi connectivity index (χ1n) is 10.1. The molecule has 2 heterocycles. The molecule has 0 saturated heterocycles. The van der Waals surface area contributed by atoms with Crippen LogP contribution in [-0.2, 0) is 29.6 Å². The number of nitrogens with zero attached hydrogens (tertiary/aromatic N) is 2. The Balaban J connectivity index is 1.54. The molecule has 2 aromatic heterocycles. The van der Waals surface area contributed by atoms with Crippen LogP contribution in [0.25, 0.3) is 10.2 Å². The lowest BCUT2D eigenvalue weighted by Crippen LogP contribution is -2.28. The molecule has 1 aliphatic rings. The molecule has 0 spiro atoms. The molecule has 29 heavy (non-hydrogen) atoms. The number of hydrogen-bond acceptors (Lipinski definition) is 4. The first-order chi connectivity index (χ1) is 13.7. The molecular formula is C23H27N3O2S. The summed E-state index contributed by atoms with van der Waals surface area (Å²) in [6.07, 6.45) is 4.53. The summed E-state index contributed by atoms with van der Waals surface area (Å²) < 4.78 is 1.42. The van der Waals surface area contributed by atoms with Crippen molar-refractivity contribution >= 4 is 33.1 Å². The van der Waals surface area contributed by atoms with E-state index >= 15 is 0 Å². The number of carbonyl (C=O) groups is 1. The maximum Gasteiger partial charge on any atom is 0.262 e. The molecule has 0 saturated carbocycles. The van der Waals surface area contributed by atoms with Gasteiger partial charge >= 0.3 is 0 Å². The van der Waals surface area contributed by atoms with E-state index in [1.165, 1.54) is 21.3 Å². The fraction of sp³-hybridized carbons (Fsp3) is 0.435. The number of hydrogen-bond donors (Lipinski definition) is 1. The van der Waals surface area contributed by atoms with Crippen LogP contribution in [0.2, 0.25) is 0 Å². The molecule has 5 nitrogen and oxygen atoms in total. The van der Waals surface area contributed by atoms with Crippen molar-refractivity contribution < 1.29 is 4.79 Å². The molecule has 1 amide bonds. The van der Waals surface area contributed by atoms with E-state index in [2.05, 4.69) is 38.0 Å². The normalized spacial score (nSPS) is 16.6. The van der Waals surface area contributed by atoms with Gasteiger partial charge in [-0.2, -0.15) is 0 Å². The highest BCUT2D eigenvalue weighted by atomic mass is 32.1. The van der Waals surface area contributed by atoms with Gasteiger partial charge in [0.05, 0.1) is 11.7 Å². The van der Waals surface area contributed by atoms with Gasteiger partial charge in [-0.1, -0.05) is 39.8 Å². The summed E-state index contributed by atoms with van der Waals surface area (Å²) in [7, 11) is 0. The van der Waals surface area contributed by atoms with Gasteiger partial charge in [0.15, 0.2) is 0 Å². The highest BCUT2D eigenvalue weighted by molar-refractivity contribution is 7.18. The highest BCUT2D eigenvalue weighted by Crippen LogP contribution is 2.35. The summed E-state index contributed by atoms with van der Waals surface area (Å²) in [4.78, 5) is 32.1. The van der Waals surface area contributed by atoms with E-state index in [-0.39, 0.29) is 23.4 Å². The van der Waals surface area contributed by atoms with Crippen LogP contribution in [0.4, 0.5) is 5.69 Å². The highest BCUT2D eigenvalue weighted by Gasteiger charge is 2.23. The van der Waals surface area contributed by atoms with Gasteiger partial charge in [0.1, 0.15) is 11.4 Å². The number of nitrogens with one attached hydrogen (secondary N) is 1. The summed E-state index contributed by atoms with van der Waals surface area (Å²) in [6.45, 7) is 8.67. The second kappa shape index (κ2) is 7.41. The monoisotopic (exact) mass is 409 g/mol. The zero-order valence-corrected chi connectivity index (χ0v) is 18.2. The minimum atomic E-state index is -0.227. The average molecular weight is 410 g/mol. The fourth-order valence-corrected chi connectivity index (χ4v) is 5.23. The van der Waals surface area contributed by atoms with Crippen LogP contribution in [0.3, 0.4) is 0 Å². The number of amides is 1. The molecule has 1 N–H and O–H groups in total. The Morgan fingerprint density at radius 3 is 2.69 bits per heavy atom. The van der Waals surface area contributed by atoms with E-state index < -0.39 is 0 Å². The first-order valence-corrected chi connectivity index (χ1v) is 10.9. The Morgan fingerprint density at radius 2 is 2.00 bits per heavy atom. The third-order valence-corrected chi connectivity index (χ3v) is 6.79. The van der Waals surface area contributed by atoms with Crippen molar-refractivity contribution in [2.75, 3.05) is 5.32 Å². The van der Waals surface area contributed by atoms with Crippen molar-refractivity contribution in [1.29, 1.82) is 0 Å². The van der Waals surface area contributed by atoms with E-state index in [1.54, 1.807) is 11.3 Å². The van der Waals surface area contributed by atoms with Gasteiger partial charge in [0.25, 0.3) is 5.56 Å². The Morgan fingerprint density at radius 1 is 1.28 bits per heavy atom. The molecule has 1 atom stereocenters. The van der Waals surface area contributed by atoms with Crippen LogP contribution >= 0.6 is 11.3 Å². The van der Waals surface area contributed by atoms with Crippen LogP contribution in [0.15, 0.2) is 35.4 Å². The van der Waals surface area contributed by atoms with Crippen molar-refractivity contribution in [2.24, 2.45) is 5.92 Å². The Labute approximate surface area is 174 Å². The number of aromatic nitrogens is 2. The van der Waals surface area contributed by atoms with Gasteiger partial charge < -0.3 is 5.32 Å². The van der Waals surface area contributed by atoms with E-state index in [4.69, 9.17) is 0 Å². The summed E-state index contributed by atoms with van der Waals surface area (Å²) >= 11 is 1.63. The maximum atomic E-state index is 13.0. The predicted molar refractivity (Wildman–Crippen MR) is 119 cm³/mol. The number of rotatable bonds is 3.